The monoisotopic (exact) mass is 370 g/mol. The lowest BCUT2D eigenvalue weighted by atomic mass is 10.1. The lowest BCUT2D eigenvalue weighted by Crippen LogP contribution is -2.42. The summed E-state index contributed by atoms with van der Waals surface area (Å²) in [5.41, 5.74) is 1.72. The van der Waals surface area contributed by atoms with Crippen molar-refractivity contribution in [2.24, 2.45) is 0 Å². The highest BCUT2D eigenvalue weighted by atomic mass is 32.1. The molecule has 1 N–H and O–H groups in total. The number of carbonyl (C=O) groups excluding carboxylic acids is 2. The van der Waals surface area contributed by atoms with Crippen LogP contribution in [0.15, 0.2) is 42.5 Å². The van der Waals surface area contributed by atoms with Crippen molar-refractivity contribution < 1.29 is 18.7 Å². The summed E-state index contributed by atoms with van der Waals surface area (Å²) in [4.78, 5) is 27.1. The van der Waals surface area contributed by atoms with E-state index in [1.807, 2.05) is 0 Å². The maximum absolute atomic E-state index is 14.4. The van der Waals surface area contributed by atoms with Gasteiger partial charge in [0.15, 0.2) is 0 Å². The molecule has 1 aromatic heterocycles. The summed E-state index contributed by atoms with van der Waals surface area (Å²) in [6, 6.07) is 11.9. The topological polar surface area (TPSA) is 58.6 Å². The summed E-state index contributed by atoms with van der Waals surface area (Å²) in [5.74, 6) is -0.987. The molecule has 0 unspecified atom stereocenters. The van der Waals surface area contributed by atoms with E-state index in [4.69, 9.17) is 4.74 Å². The Labute approximate surface area is 153 Å². The molecule has 7 heteroatoms. The predicted molar refractivity (Wildman–Crippen MR) is 99.2 cm³/mol. The number of thiophene rings is 1. The van der Waals surface area contributed by atoms with Crippen LogP contribution in [0, 0.1) is 5.82 Å². The number of para-hydroxylation sites is 2. The Morgan fingerprint density at radius 2 is 2.08 bits per heavy atom. The van der Waals surface area contributed by atoms with Crippen LogP contribution in [0.3, 0.4) is 0 Å². The minimum absolute atomic E-state index is 0.0843. The van der Waals surface area contributed by atoms with E-state index in [1.165, 1.54) is 29.4 Å². The summed E-state index contributed by atoms with van der Waals surface area (Å²) in [7, 11) is 1.50. The predicted octanol–water partition coefficient (Wildman–Crippen LogP) is 3.79. The van der Waals surface area contributed by atoms with Crippen molar-refractivity contribution in [2.45, 2.75) is 6.61 Å². The summed E-state index contributed by atoms with van der Waals surface area (Å²) in [6.45, 7) is 0.0304. The van der Waals surface area contributed by atoms with Gasteiger partial charge in [0.2, 0.25) is 5.91 Å². The van der Waals surface area contributed by atoms with Gasteiger partial charge in [-0.2, -0.15) is 0 Å². The highest BCUT2D eigenvalue weighted by Gasteiger charge is 2.31. The molecule has 26 heavy (non-hydrogen) atoms. The van der Waals surface area contributed by atoms with Gasteiger partial charge in [0.25, 0.3) is 5.91 Å². The molecule has 0 saturated heterocycles. The fourth-order valence-corrected chi connectivity index (χ4v) is 4.33. The van der Waals surface area contributed by atoms with Gasteiger partial charge < -0.3 is 10.1 Å². The van der Waals surface area contributed by atoms with Gasteiger partial charge in [-0.25, -0.2) is 4.39 Å². The Bertz CT molecular complexity index is 1030. The van der Waals surface area contributed by atoms with Gasteiger partial charge in [-0.15, -0.1) is 11.3 Å². The minimum Gasteiger partial charge on any atom is -0.380 e. The van der Waals surface area contributed by atoms with Crippen LogP contribution in [-0.2, 0) is 16.1 Å². The molecule has 0 radical (unpaired) electrons. The number of benzene rings is 2. The molecule has 0 spiro atoms. The average Bonchev–Trinajstić information content (AvgIpc) is 3.00. The molecular weight excluding hydrogens is 355 g/mol. The number of ether oxygens (including phenoxy) is 1. The number of anilines is 2. The Morgan fingerprint density at radius 1 is 1.27 bits per heavy atom. The van der Waals surface area contributed by atoms with Crippen molar-refractivity contribution in [3.8, 4) is 0 Å². The highest BCUT2D eigenvalue weighted by Crippen LogP contribution is 2.37. The zero-order valence-electron chi connectivity index (χ0n) is 13.9. The lowest BCUT2D eigenvalue weighted by Gasteiger charge is -2.29. The molecule has 0 aliphatic carbocycles. The van der Waals surface area contributed by atoms with E-state index in [-0.39, 0.29) is 30.8 Å². The Hall–Kier alpha value is -2.77. The first-order valence-corrected chi connectivity index (χ1v) is 8.81. The van der Waals surface area contributed by atoms with Crippen molar-refractivity contribution in [3.63, 3.8) is 0 Å². The molecule has 0 fully saturated rings. The Kier molecular flexibility index (Phi) is 4.18. The molecule has 0 saturated carbocycles. The van der Waals surface area contributed by atoms with Gasteiger partial charge in [0.1, 0.15) is 12.4 Å². The van der Waals surface area contributed by atoms with Gasteiger partial charge in [-0.3, -0.25) is 14.5 Å². The zero-order chi connectivity index (χ0) is 18.3. The van der Waals surface area contributed by atoms with E-state index in [0.29, 0.717) is 31.9 Å². The van der Waals surface area contributed by atoms with Crippen LogP contribution in [0.2, 0.25) is 0 Å². The number of methoxy groups -OCH3 is 1. The number of nitrogens with zero attached hydrogens (tertiary/aromatic N) is 1. The summed E-state index contributed by atoms with van der Waals surface area (Å²) in [6.07, 6.45) is 0. The number of halogens is 1. The molecule has 132 valence electrons. The van der Waals surface area contributed by atoms with E-state index in [2.05, 4.69) is 5.32 Å². The first-order chi connectivity index (χ1) is 12.6. The van der Waals surface area contributed by atoms with Crippen LogP contribution >= 0.6 is 11.3 Å². The second kappa shape index (κ2) is 6.51. The third kappa shape index (κ3) is 2.65. The summed E-state index contributed by atoms with van der Waals surface area (Å²) in [5, 5.41) is 3.16. The van der Waals surface area contributed by atoms with Crippen LogP contribution in [-0.4, -0.2) is 25.5 Å². The van der Waals surface area contributed by atoms with Crippen molar-refractivity contribution in [1.82, 2.24) is 0 Å². The van der Waals surface area contributed by atoms with Crippen molar-refractivity contribution in [2.75, 3.05) is 23.9 Å². The van der Waals surface area contributed by atoms with Crippen molar-refractivity contribution in [3.05, 3.63) is 58.7 Å². The minimum atomic E-state index is -0.387. The van der Waals surface area contributed by atoms with E-state index in [9.17, 15) is 14.0 Å². The first kappa shape index (κ1) is 16.7. The molecule has 2 aromatic carbocycles. The molecule has 0 bridgehead atoms. The van der Waals surface area contributed by atoms with Gasteiger partial charge in [0, 0.05) is 22.8 Å². The molecule has 3 aromatic rings. The summed E-state index contributed by atoms with van der Waals surface area (Å²) < 4.78 is 20.2. The molecule has 0 atom stereocenters. The zero-order valence-corrected chi connectivity index (χ0v) is 14.7. The third-order valence-corrected chi connectivity index (χ3v) is 5.45. The molecule has 2 amide bonds. The maximum Gasteiger partial charge on any atom is 0.269 e. The normalized spacial score (nSPS) is 13.6. The van der Waals surface area contributed by atoms with Crippen LogP contribution in [0.25, 0.3) is 10.1 Å². The molecular formula is C19H15FN2O3S. The maximum atomic E-state index is 14.4. The average molecular weight is 370 g/mol. The lowest BCUT2D eigenvalue weighted by molar-refractivity contribution is -0.115. The summed E-state index contributed by atoms with van der Waals surface area (Å²) >= 11 is 1.21. The van der Waals surface area contributed by atoms with Crippen LogP contribution < -0.4 is 10.2 Å². The van der Waals surface area contributed by atoms with E-state index in [1.54, 1.807) is 36.4 Å². The molecule has 1 aliphatic rings. The van der Waals surface area contributed by atoms with Gasteiger partial charge in [-0.1, -0.05) is 18.2 Å². The molecule has 4 rings (SSSR count). The number of amides is 2. The number of hydrogen-bond donors (Lipinski definition) is 1. The Morgan fingerprint density at radius 3 is 2.88 bits per heavy atom. The second-order valence-corrected chi connectivity index (χ2v) is 6.96. The number of nitrogens with one attached hydrogen (secondary N) is 1. The van der Waals surface area contributed by atoms with Crippen molar-refractivity contribution in [1.29, 1.82) is 0 Å². The highest BCUT2D eigenvalue weighted by molar-refractivity contribution is 7.21. The third-order valence-electron chi connectivity index (χ3n) is 4.26. The molecule has 1 aliphatic heterocycles. The molecule has 2 heterocycles. The van der Waals surface area contributed by atoms with E-state index in [0.717, 1.165) is 0 Å². The standard InChI is InChI=1S/C19H15FN2O3S/c1-25-10-11-17-12(20)5-4-8-15(17)26-18(11)19(24)22-9-16(23)21-13-6-2-3-7-14(13)22/h2-8H,9-10H2,1H3,(H,21,23). The van der Waals surface area contributed by atoms with Gasteiger partial charge >= 0.3 is 0 Å². The number of carbonyl (C=O) groups is 2. The number of rotatable bonds is 3. The smallest absolute Gasteiger partial charge is 0.269 e. The SMILES string of the molecule is COCc1c(C(=O)N2CC(=O)Nc3ccccc32)sc2cccc(F)c12. The van der Waals surface area contributed by atoms with Crippen LogP contribution in [0.5, 0.6) is 0 Å². The van der Waals surface area contributed by atoms with Gasteiger partial charge in [-0.05, 0) is 24.3 Å². The second-order valence-electron chi connectivity index (χ2n) is 5.91. The number of hydrogen-bond acceptors (Lipinski definition) is 4. The molecule has 5 nitrogen and oxygen atoms in total. The van der Waals surface area contributed by atoms with Gasteiger partial charge in [0.05, 0.1) is 22.9 Å². The van der Waals surface area contributed by atoms with E-state index >= 15 is 0 Å². The first-order valence-electron chi connectivity index (χ1n) is 7.99. The number of fused-ring (bicyclic) bond motifs is 2. The van der Waals surface area contributed by atoms with Crippen molar-refractivity contribution >= 4 is 44.6 Å². The van der Waals surface area contributed by atoms with Crippen LogP contribution in [0.1, 0.15) is 15.2 Å². The van der Waals surface area contributed by atoms with Crippen LogP contribution in [0.4, 0.5) is 15.8 Å². The Balaban J connectivity index is 1.86. The van der Waals surface area contributed by atoms with E-state index < -0.39 is 0 Å². The fraction of sp³-hybridized carbons (Fsp3) is 0.158. The fourth-order valence-electron chi connectivity index (χ4n) is 3.16. The quantitative estimate of drug-likeness (QED) is 0.763. The largest absolute Gasteiger partial charge is 0.380 e.